The summed E-state index contributed by atoms with van der Waals surface area (Å²) in [5.41, 5.74) is 2.54. The molecule has 0 atom stereocenters. The van der Waals surface area contributed by atoms with Crippen molar-refractivity contribution in [1.29, 1.82) is 0 Å². The van der Waals surface area contributed by atoms with Gasteiger partial charge in [-0.3, -0.25) is 4.90 Å². The number of ether oxygens (including phenoxy) is 1. The average molecular weight is 400 g/mol. The smallest absolute Gasteiger partial charge is 0.338 e. The molecule has 148 valence electrons. The van der Waals surface area contributed by atoms with Gasteiger partial charge in [-0.25, -0.2) is 4.79 Å². The first-order valence-corrected chi connectivity index (χ1v) is 10.3. The standard InChI is InChI=1S/C21H25N3O3S/c1-5-24(6-2)13-18-14(4)12-17(28-18)20-22-19(23-27-20)15-8-10-16(11-9-15)21(25)26-7-3/h8-12H,5-7,13H2,1-4H3. The van der Waals surface area contributed by atoms with Crippen LogP contribution in [0.3, 0.4) is 0 Å². The molecule has 0 bridgehead atoms. The van der Waals surface area contributed by atoms with E-state index in [1.807, 2.05) is 0 Å². The minimum atomic E-state index is -0.336. The maximum Gasteiger partial charge on any atom is 0.338 e. The van der Waals surface area contributed by atoms with Gasteiger partial charge in [-0.1, -0.05) is 31.1 Å². The fraction of sp³-hybridized carbons (Fsp3) is 0.381. The SMILES string of the molecule is CCOC(=O)c1ccc(-c2noc(-c3cc(C)c(CN(CC)CC)s3)n2)cc1. The van der Waals surface area contributed by atoms with Crippen molar-refractivity contribution in [2.45, 2.75) is 34.2 Å². The molecular formula is C21H25N3O3S. The number of aryl methyl sites for hydroxylation is 1. The van der Waals surface area contributed by atoms with Crippen molar-refractivity contribution in [2.75, 3.05) is 19.7 Å². The fourth-order valence-electron chi connectivity index (χ4n) is 2.84. The Labute approximate surface area is 169 Å². The van der Waals surface area contributed by atoms with Crippen LogP contribution >= 0.6 is 11.3 Å². The van der Waals surface area contributed by atoms with Gasteiger partial charge in [-0.15, -0.1) is 11.3 Å². The van der Waals surface area contributed by atoms with Gasteiger partial charge >= 0.3 is 5.97 Å². The number of esters is 1. The first kappa shape index (κ1) is 20.2. The Balaban J connectivity index is 1.78. The molecule has 3 aromatic rings. The third-order valence-electron chi connectivity index (χ3n) is 4.57. The molecule has 3 rings (SSSR count). The van der Waals surface area contributed by atoms with E-state index in [0.717, 1.165) is 30.1 Å². The van der Waals surface area contributed by atoms with E-state index in [2.05, 4.69) is 41.9 Å². The molecule has 2 aromatic heterocycles. The zero-order valence-corrected chi connectivity index (χ0v) is 17.5. The Kier molecular flexibility index (Phi) is 6.59. The predicted octanol–water partition coefficient (Wildman–Crippen LogP) is 4.79. The molecule has 0 aliphatic heterocycles. The molecular weight excluding hydrogens is 374 g/mol. The number of hydrogen-bond donors (Lipinski definition) is 0. The van der Waals surface area contributed by atoms with Gasteiger partial charge in [-0.2, -0.15) is 4.98 Å². The fourth-order valence-corrected chi connectivity index (χ4v) is 3.98. The summed E-state index contributed by atoms with van der Waals surface area (Å²) in [7, 11) is 0. The average Bonchev–Trinajstić information content (AvgIpc) is 3.33. The zero-order chi connectivity index (χ0) is 20.1. The van der Waals surface area contributed by atoms with Crippen LogP contribution in [0.4, 0.5) is 0 Å². The van der Waals surface area contributed by atoms with Crippen LogP contribution in [0.25, 0.3) is 22.2 Å². The highest BCUT2D eigenvalue weighted by molar-refractivity contribution is 7.15. The van der Waals surface area contributed by atoms with Crippen LogP contribution < -0.4 is 0 Å². The summed E-state index contributed by atoms with van der Waals surface area (Å²) in [5, 5.41) is 4.10. The van der Waals surface area contributed by atoms with Crippen LogP contribution in [0, 0.1) is 6.92 Å². The van der Waals surface area contributed by atoms with Crippen molar-refractivity contribution in [3.63, 3.8) is 0 Å². The van der Waals surface area contributed by atoms with E-state index in [4.69, 9.17) is 9.26 Å². The third kappa shape index (κ3) is 4.48. The van der Waals surface area contributed by atoms with E-state index in [9.17, 15) is 4.79 Å². The van der Waals surface area contributed by atoms with Crippen LogP contribution in [-0.2, 0) is 11.3 Å². The lowest BCUT2D eigenvalue weighted by atomic mass is 10.1. The minimum Gasteiger partial charge on any atom is -0.462 e. The molecule has 0 spiro atoms. The van der Waals surface area contributed by atoms with Crippen molar-refractivity contribution in [3.8, 4) is 22.2 Å². The molecule has 2 heterocycles. The lowest BCUT2D eigenvalue weighted by Gasteiger charge is -2.17. The number of nitrogens with zero attached hydrogens (tertiary/aromatic N) is 3. The molecule has 7 heteroatoms. The zero-order valence-electron chi connectivity index (χ0n) is 16.7. The highest BCUT2D eigenvalue weighted by Crippen LogP contribution is 2.32. The number of carbonyl (C=O) groups is 1. The monoisotopic (exact) mass is 399 g/mol. The van der Waals surface area contributed by atoms with Gasteiger partial charge in [-0.05, 0) is 50.7 Å². The summed E-state index contributed by atoms with van der Waals surface area (Å²) in [4.78, 5) is 21.0. The topological polar surface area (TPSA) is 68.5 Å². The molecule has 0 aliphatic rings. The van der Waals surface area contributed by atoms with E-state index in [0.29, 0.717) is 23.9 Å². The van der Waals surface area contributed by atoms with Crippen LogP contribution in [0.1, 0.15) is 41.6 Å². The second-order valence-electron chi connectivity index (χ2n) is 6.40. The van der Waals surface area contributed by atoms with Gasteiger partial charge in [0, 0.05) is 17.0 Å². The molecule has 0 unspecified atom stereocenters. The van der Waals surface area contributed by atoms with Gasteiger partial charge in [0.15, 0.2) is 0 Å². The molecule has 0 amide bonds. The van der Waals surface area contributed by atoms with Gasteiger partial charge in [0.25, 0.3) is 5.89 Å². The summed E-state index contributed by atoms with van der Waals surface area (Å²) in [5.74, 6) is 0.683. The van der Waals surface area contributed by atoms with Crippen molar-refractivity contribution >= 4 is 17.3 Å². The Morgan fingerprint density at radius 1 is 1.18 bits per heavy atom. The van der Waals surface area contributed by atoms with E-state index >= 15 is 0 Å². The normalized spacial score (nSPS) is 11.2. The number of thiophene rings is 1. The molecule has 0 N–H and O–H groups in total. The highest BCUT2D eigenvalue weighted by atomic mass is 32.1. The Morgan fingerprint density at radius 2 is 1.89 bits per heavy atom. The molecule has 28 heavy (non-hydrogen) atoms. The van der Waals surface area contributed by atoms with Gasteiger partial charge < -0.3 is 9.26 Å². The van der Waals surface area contributed by atoms with Crippen LogP contribution in [-0.4, -0.2) is 40.7 Å². The predicted molar refractivity (Wildman–Crippen MR) is 110 cm³/mol. The first-order valence-electron chi connectivity index (χ1n) is 9.48. The van der Waals surface area contributed by atoms with Crippen LogP contribution in [0.2, 0.25) is 0 Å². The van der Waals surface area contributed by atoms with Gasteiger partial charge in [0.05, 0.1) is 17.0 Å². The van der Waals surface area contributed by atoms with E-state index in [1.54, 1.807) is 42.5 Å². The number of carbonyl (C=O) groups excluding carboxylic acids is 1. The molecule has 6 nitrogen and oxygen atoms in total. The van der Waals surface area contributed by atoms with Gasteiger partial charge in [0.1, 0.15) is 0 Å². The summed E-state index contributed by atoms with van der Waals surface area (Å²) in [6, 6.07) is 9.12. The molecule has 0 aliphatic carbocycles. The Morgan fingerprint density at radius 3 is 2.54 bits per heavy atom. The van der Waals surface area contributed by atoms with E-state index in [-0.39, 0.29) is 5.97 Å². The summed E-state index contributed by atoms with van der Waals surface area (Å²) in [6.07, 6.45) is 0. The second-order valence-corrected chi connectivity index (χ2v) is 7.54. The first-order chi connectivity index (χ1) is 13.5. The van der Waals surface area contributed by atoms with Crippen LogP contribution in [0.15, 0.2) is 34.9 Å². The molecule has 0 fully saturated rings. The minimum absolute atomic E-state index is 0.336. The number of aromatic nitrogens is 2. The highest BCUT2D eigenvalue weighted by Gasteiger charge is 2.16. The lowest BCUT2D eigenvalue weighted by molar-refractivity contribution is 0.0526. The van der Waals surface area contributed by atoms with Gasteiger partial charge in [0.2, 0.25) is 5.82 Å². The molecule has 0 radical (unpaired) electrons. The van der Waals surface area contributed by atoms with Crippen molar-refractivity contribution < 1.29 is 14.1 Å². The second kappa shape index (κ2) is 9.12. The van der Waals surface area contributed by atoms with E-state index < -0.39 is 0 Å². The Bertz CT molecular complexity index is 927. The molecule has 1 aromatic carbocycles. The lowest BCUT2D eigenvalue weighted by Crippen LogP contribution is -2.21. The maximum atomic E-state index is 11.8. The summed E-state index contributed by atoms with van der Waals surface area (Å²) < 4.78 is 10.5. The summed E-state index contributed by atoms with van der Waals surface area (Å²) in [6.45, 7) is 11.6. The maximum absolute atomic E-state index is 11.8. The quantitative estimate of drug-likeness (QED) is 0.507. The molecule has 0 saturated carbocycles. The number of benzene rings is 1. The van der Waals surface area contributed by atoms with E-state index in [1.165, 1.54) is 10.4 Å². The Hall–Kier alpha value is -2.51. The summed E-state index contributed by atoms with van der Waals surface area (Å²) >= 11 is 1.69. The van der Waals surface area contributed by atoms with Crippen molar-refractivity contribution in [2.24, 2.45) is 0 Å². The third-order valence-corrected chi connectivity index (χ3v) is 5.78. The molecule has 0 saturated heterocycles. The number of hydrogen-bond acceptors (Lipinski definition) is 7. The van der Waals surface area contributed by atoms with Crippen molar-refractivity contribution in [1.82, 2.24) is 15.0 Å². The van der Waals surface area contributed by atoms with Crippen LogP contribution in [0.5, 0.6) is 0 Å². The van der Waals surface area contributed by atoms with Crippen molar-refractivity contribution in [3.05, 3.63) is 46.3 Å². The largest absolute Gasteiger partial charge is 0.462 e. The number of rotatable bonds is 8.